The minimum absolute atomic E-state index is 0.0496. The van der Waals surface area contributed by atoms with E-state index in [9.17, 15) is 14.4 Å². The van der Waals surface area contributed by atoms with Gasteiger partial charge in [0.1, 0.15) is 0 Å². The standard InChI is InChI=1S/C18H18N2O4S/c1-20-15(21)9-13(16(20)14-6-3-7-25-14)17(22)19-10-11-4-2-5-12(8-11)18(23)24/h2-8,13,16H,9-10H2,1H3,(H,19,22)(H,23,24)/t13-,16-/m0/s1. The Labute approximate surface area is 149 Å². The monoisotopic (exact) mass is 358 g/mol. The number of carboxylic acid groups (broad SMARTS) is 1. The Balaban J connectivity index is 1.71. The first-order valence-electron chi connectivity index (χ1n) is 7.86. The number of aromatic carboxylic acids is 1. The van der Waals surface area contributed by atoms with E-state index in [1.54, 1.807) is 24.1 Å². The van der Waals surface area contributed by atoms with E-state index in [1.165, 1.54) is 23.5 Å². The first kappa shape index (κ1) is 17.2. The zero-order chi connectivity index (χ0) is 18.0. The lowest BCUT2D eigenvalue weighted by Crippen LogP contribution is -2.34. The third kappa shape index (κ3) is 3.56. The van der Waals surface area contributed by atoms with Gasteiger partial charge in [0, 0.05) is 24.9 Å². The molecule has 2 aromatic rings. The van der Waals surface area contributed by atoms with E-state index in [4.69, 9.17) is 5.11 Å². The summed E-state index contributed by atoms with van der Waals surface area (Å²) in [4.78, 5) is 38.3. The fourth-order valence-corrected chi connectivity index (χ4v) is 4.02. The summed E-state index contributed by atoms with van der Waals surface area (Å²) >= 11 is 1.53. The number of nitrogens with zero attached hydrogens (tertiary/aromatic N) is 1. The summed E-state index contributed by atoms with van der Waals surface area (Å²) in [5.74, 6) is -1.70. The molecule has 3 rings (SSSR count). The molecule has 0 aliphatic carbocycles. The van der Waals surface area contributed by atoms with Crippen LogP contribution in [-0.2, 0) is 16.1 Å². The van der Waals surface area contributed by atoms with Crippen LogP contribution in [0.15, 0.2) is 41.8 Å². The predicted molar refractivity (Wildman–Crippen MR) is 93.2 cm³/mol. The minimum atomic E-state index is -1.01. The van der Waals surface area contributed by atoms with Crippen LogP contribution >= 0.6 is 11.3 Å². The van der Waals surface area contributed by atoms with Gasteiger partial charge in [0.25, 0.3) is 0 Å². The summed E-state index contributed by atoms with van der Waals surface area (Å²) in [7, 11) is 1.72. The molecule has 0 radical (unpaired) electrons. The number of rotatable bonds is 5. The molecule has 0 unspecified atom stereocenters. The number of hydrogen-bond donors (Lipinski definition) is 2. The molecule has 130 valence electrons. The van der Waals surface area contributed by atoms with Gasteiger partial charge >= 0.3 is 5.97 Å². The van der Waals surface area contributed by atoms with E-state index in [-0.39, 0.29) is 36.4 Å². The number of amides is 2. The Hall–Kier alpha value is -2.67. The molecular weight excluding hydrogens is 340 g/mol. The lowest BCUT2D eigenvalue weighted by molar-refractivity contribution is -0.128. The summed E-state index contributed by atoms with van der Waals surface area (Å²) in [6.07, 6.45) is 0.181. The van der Waals surface area contributed by atoms with Crippen molar-refractivity contribution in [1.29, 1.82) is 0 Å². The number of carbonyl (C=O) groups excluding carboxylic acids is 2. The van der Waals surface area contributed by atoms with Crippen LogP contribution < -0.4 is 5.32 Å². The third-order valence-electron chi connectivity index (χ3n) is 4.40. The number of benzene rings is 1. The van der Waals surface area contributed by atoms with Gasteiger partial charge in [-0.05, 0) is 29.1 Å². The maximum Gasteiger partial charge on any atom is 0.335 e. The van der Waals surface area contributed by atoms with E-state index in [0.29, 0.717) is 5.56 Å². The lowest BCUT2D eigenvalue weighted by atomic mass is 9.97. The summed E-state index contributed by atoms with van der Waals surface area (Å²) in [5.41, 5.74) is 0.887. The number of nitrogens with one attached hydrogen (secondary N) is 1. The second-order valence-corrected chi connectivity index (χ2v) is 6.98. The topological polar surface area (TPSA) is 86.7 Å². The average Bonchev–Trinajstić information content (AvgIpc) is 3.22. The molecule has 1 aromatic carbocycles. The van der Waals surface area contributed by atoms with Crippen LogP contribution in [0.2, 0.25) is 0 Å². The molecular formula is C18H18N2O4S. The van der Waals surface area contributed by atoms with E-state index in [1.807, 2.05) is 17.5 Å². The molecule has 2 heterocycles. The van der Waals surface area contributed by atoms with Gasteiger partial charge in [0.2, 0.25) is 11.8 Å². The lowest BCUT2D eigenvalue weighted by Gasteiger charge is -2.23. The highest BCUT2D eigenvalue weighted by Crippen LogP contribution is 2.39. The van der Waals surface area contributed by atoms with E-state index < -0.39 is 11.9 Å². The highest BCUT2D eigenvalue weighted by molar-refractivity contribution is 7.10. The van der Waals surface area contributed by atoms with Crippen LogP contribution in [0.3, 0.4) is 0 Å². The van der Waals surface area contributed by atoms with Crippen LogP contribution in [0.1, 0.15) is 33.3 Å². The maximum atomic E-state index is 12.6. The molecule has 2 N–H and O–H groups in total. The smallest absolute Gasteiger partial charge is 0.335 e. The van der Waals surface area contributed by atoms with Crippen LogP contribution in [0.25, 0.3) is 0 Å². The molecule has 6 nitrogen and oxygen atoms in total. The van der Waals surface area contributed by atoms with Crippen molar-refractivity contribution in [3.63, 3.8) is 0 Å². The van der Waals surface area contributed by atoms with Crippen molar-refractivity contribution in [3.8, 4) is 0 Å². The molecule has 2 amide bonds. The second kappa shape index (κ2) is 7.06. The quantitative estimate of drug-likeness (QED) is 0.858. The highest BCUT2D eigenvalue weighted by Gasteiger charge is 2.43. The summed E-state index contributed by atoms with van der Waals surface area (Å²) < 4.78 is 0. The molecule has 0 spiro atoms. The molecule has 1 aromatic heterocycles. The van der Waals surface area contributed by atoms with Crippen LogP contribution in [0, 0.1) is 5.92 Å². The SMILES string of the molecule is CN1C(=O)C[C@H](C(=O)NCc2cccc(C(=O)O)c2)[C@H]1c1cccs1. The number of carbonyl (C=O) groups is 3. The number of thiophene rings is 1. The van der Waals surface area contributed by atoms with Gasteiger partial charge < -0.3 is 15.3 Å². The van der Waals surface area contributed by atoms with Gasteiger partial charge in [-0.25, -0.2) is 4.79 Å². The largest absolute Gasteiger partial charge is 0.478 e. The second-order valence-electron chi connectivity index (χ2n) is 6.00. The Bertz CT molecular complexity index is 803. The van der Waals surface area contributed by atoms with Crippen molar-refractivity contribution in [2.45, 2.75) is 19.0 Å². The summed E-state index contributed by atoms with van der Waals surface area (Å²) in [6.45, 7) is 0.228. The van der Waals surface area contributed by atoms with Crippen molar-refractivity contribution < 1.29 is 19.5 Å². The van der Waals surface area contributed by atoms with Crippen LogP contribution in [-0.4, -0.2) is 34.8 Å². The fourth-order valence-electron chi connectivity index (χ4n) is 3.09. The molecule has 1 saturated heterocycles. The number of likely N-dealkylation sites (tertiary alicyclic amines) is 1. The number of carboxylic acids is 1. The van der Waals surface area contributed by atoms with Crippen LogP contribution in [0.5, 0.6) is 0 Å². The van der Waals surface area contributed by atoms with Crippen LogP contribution in [0.4, 0.5) is 0 Å². The minimum Gasteiger partial charge on any atom is -0.478 e. The molecule has 2 atom stereocenters. The summed E-state index contributed by atoms with van der Waals surface area (Å²) in [5, 5.41) is 13.8. The zero-order valence-corrected chi connectivity index (χ0v) is 14.5. The van der Waals surface area contributed by atoms with Crippen molar-refractivity contribution in [3.05, 3.63) is 57.8 Å². The first-order valence-corrected chi connectivity index (χ1v) is 8.74. The van der Waals surface area contributed by atoms with Gasteiger partial charge in [-0.1, -0.05) is 18.2 Å². The fraction of sp³-hybridized carbons (Fsp3) is 0.278. The zero-order valence-electron chi connectivity index (χ0n) is 13.6. The average molecular weight is 358 g/mol. The Morgan fingerprint density at radius 1 is 1.32 bits per heavy atom. The summed E-state index contributed by atoms with van der Waals surface area (Å²) in [6, 6.07) is 10.0. The van der Waals surface area contributed by atoms with Gasteiger partial charge in [-0.15, -0.1) is 11.3 Å². The first-order chi connectivity index (χ1) is 12.0. The molecule has 25 heavy (non-hydrogen) atoms. The highest BCUT2D eigenvalue weighted by atomic mass is 32.1. The van der Waals surface area contributed by atoms with E-state index in [0.717, 1.165) is 4.88 Å². The third-order valence-corrected chi connectivity index (χ3v) is 5.34. The molecule has 0 saturated carbocycles. The molecule has 7 heteroatoms. The molecule has 1 aliphatic heterocycles. The normalized spacial score (nSPS) is 19.9. The Kier molecular flexibility index (Phi) is 4.85. The van der Waals surface area contributed by atoms with E-state index in [2.05, 4.69) is 5.32 Å². The maximum absolute atomic E-state index is 12.6. The van der Waals surface area contributed by atoms with Gasteiger partial charge in [0.15, 0.2) is 0 Å². The van der Waals surface area contributed by atoms with Gasteiger partial charge in [-0.3, -0.25) is 9.59 Å². The number of hydrogen-bond acceptors (Lipinski definition) is 4. The Morgan fingerprint density at radius 2 is 2.12 bits per heavy atom. The van der Waals surface area contributed by atoms with Gasteiger partial charge in [-0.2, -0.15) is 0 Å². The van der Waals surface area contributed by atoms with Crippen molar-refractivity contribution >= 4 is 29.1 Å². The Morgan fingerprint density at radius 3 is 2.80 bits per heavy atom. The molecule has 0 bridgehead atoms. The van der Waals surface area contributed by atoms with Gasteiger partial charge in [0.05, 0.1) is 17.5 Å². The van der Waals surface area contributed by atoms with Crippen molar-refractivity contribution in [2.24, 2.45) is 5.92 Å². The van der Waals surface area contributed by atoms with E-state index >= 15 is 0 Å². The molecule has 1 aliphatic rings. The molecule has 1 fully saturated rings. The van der Waals surface area contributed by atoms with Crippen molar-refractivity contribution in [1.82, 2.24) is 10.2 Å². The predicted octanol–water partition coefficient (Wildman–Crippen LogP) is 2.28. The van der Waals surface area contributed by atoms with Crippen molar-refractivity contribution in [2.75, 3.05) is 7.05 Å².